The van der Waals surface area contributed by atoms with Crippen LogP contribution in [-0.2, 0) is 0 Å². The molecule has 0 atom stereocenters. The first kappa shape index (κ1) is 9.00. The van der Waals surface area contributed by atoms with Gasteiger partial charge in [0, 0.05) is 10.9 Å². The zero-order valence-corrected chi connectivity index (χ0v) is 9.24. The Labute approximate surface area is 83.4 Å². The van der Waals surface area contributed by atoms with Crippen molar-refractivity contribution in [2.75, 3.05) is 5.32 Å². The van der Waals surface area contributed by atoms with Crippen LogP contribution in [0.4, 0.5) is 5.13 Å². The van der Waals surface area contributed by atoms with E-state index in [2.05, 4.69) is 31.1 Å². The van der Waals surface area contributed by atoms with E-state index in [0.717, 1.165) is 5.13 Å². The van der Waals surface area contributed by atoms with E-state index in [9.17, 15) is 0 Å². The van der Waals surface area contributed by atoms with Gasteiger partial charge in [-0.05, 0) is 25.7 Å². The molecule has 0 aliphatic heterocycles. The molecular formula is C10H16N2S. The summed E-state index contributed by atoms with van der Waals surface area (Å²) in [6.45, 7) is 6.55. The predicted molar refractivity (Wildman–Crippen MR) is 57.6 cm³/mol. The Balaban J connectivity index is 2.13. The maximum Gasteiger partial charge on any atom is 0.183 e. The van der Waals surface area contributed by atoms with Gasteiger partial charge >= 0.3 is 0 Å². The van der Waals surface area contributed by atoms with Gasteiger partial charge in [-0.2, -0.15) is 0 Å². The highest BCUT2D eigenvalue weighted by atomic mass is 32.1. The largest absolute Gasteiger partial charge is 0.359 e. The van der Waals surface area contributed by atoms with Crippen LogP contribution in [0.3, 0.4) is 0 Å². The van der Waals surface area contributed by atoms with Crippen LogP contribution in [0.25, 0.3) is 0 Å². The van der Waals surface area contributed by atoms with Crippen molar-refractivity contribution in [1.29, 1.82) is 0 Å². The SMILES string of the molecule is Cc1sc(NC2CC2)nc1C(C)C. The number of aryl methyl sites for hydroxylation is 1. The predicted octanol–water partition coefficient (Wildman–Crippen LogP) is 3.15. The van der Waals surface area contributed by atoms with Crippen molar-refractivity contribution in [3.05, 3.63) is 10.6 Å². The minimum atomic E-state index is 0.547. The summed E-state index contributed by atoms with van der Waals surface area (Å²) in [5.74, 6) is 0.547. The van der Waals surface area contributed by atoms with E-state index in [1.54, 1.807) is 11.3 Å². The van der Waals surface area contributed by atoms with Crippen LogP contribution in [0.15, 0.2) is 0 Å². The molecule has 0 saturated heterocycles. The van der Waals surface area contributed by atoms with Crippen molar-refractivity contribution in [3.63, 3.8) is 0 Å². The van der Waals surface area contributed by atoms with E-state index >= 15 is 0 Å². The van der Waals surface area contributed by atoms with Crippen LogP contribution in [0, 0.1) is 6.92 Å². The summed E-state index contributed by atoms with van der Waals surface area (Å²) >= 11 is 1.79. The number of rotatable bonds is 3. The smallest absolute Gasteiger partial charge is 0.183 e. The highest BCUT2D eigenvalue weighted by Crippen LogP contribution is 2.31. The molecule has 2 nitrogen and oxygen atoms in total. The van der Waals surface area contributed by atoms with Gasteiger partial charge in [-0.3, -0.25) is 0 Å². The van der Waals surface area contributed by atoms with Gasteiger partial charge in [-0.1, -0.05) is 13.8 Å². The maximum atomic E-state index is 4.60. The molecule has 1 heterocycles. The Hall–Kier alpha value is -0.570. The lowest BCUT2D eigenvalue weighted by molar-refractivity contribution is 0.824. The Morgan fingerprint density at radius 1 is 1.46 bits per heavy atom. The molecule has 1 saturated carbocycles. The fourth-order valence-corrected chi connectivity index (χ4v) is 2.45. The molecule has 3 heteroatoms. The lowest BCUT2D eigenvalue weighted by Gasteiger charge is -2.00. The Kier molecular flexibility index (Phi) is 2.28. The summed E-state index contributed by atoms with van der Waals surface area (Å²) in [6, 6.07) is 0.713. The average molecular weight is 196 g/mol. The summed E-state index contributed by atoms with van der Waals surface area (Å²) in [4.78, 5) is 5.96. The van der Waals surface area contributed by atoms with Gasteiger partial charge in [0.15, 0.2) is 5.13 Å². The summed E-state index contributed by atoms with van der Waals surface area (Å²) in [5.41, 5.74) is 1.26. The normalized spacial score (nSPS) is 16.6. The molecule has 1 fully saturated rings. The standard InChI is InChI=1S/C10H16N2S/c1-6(2)9-7(3)13-10(12-9)11-8-4-5-8/h6,8H,4-5H2,1-3H3,(H,11,12). The molecule has 1 aliphatic carbocycles. The van der Waals surface area contributed by atoms with Gasteiger partial charge in [0.25, 0.3) is 0 Å². The molecule has 1 N–H and O–H groups in total. The minimum Gasteiger partial charge on any atom is -0.359 e. The van der Waals surface area contributed by atoms with Crippen LogP contribution >= 0.6 is 11.3 Å². The van der Waals surface area contributed by atoms with E-state index in [0.29, 0.717) is 12.0 Å². The third-order valence-corrected chi connectivity index (χ3v) is 3.20. The van der Waals surface area contributed by atoms with E-state index < -0.39 is 0 Å². The zero-order chi connectivity index (χ0) is 9.42. The van der Waals surface area contributed by atoms with Gasteiger partial charge in [-0.15, -0.1) is 11.3 Å². The average Bonchev–Trinajstić information content (AvgIpc) is 2.75. The molecule has 0 spiro atoms. The van der Waals surface area contributed by atoms with E-state index in [-0.39, 0.29) is 0 Å². The molecule has 0 aromatic carbocycles. The van der Waals surface area contributed by atoms with Crippen LogP contribution in [0.1, 0.15) is 43.2 Å². The van der Waals surface area contributed by atoms with Crippen molar-refractivity contribution in [3.8, 4) is 0 Å². The highest BCUT2D eigenvalue weighted by Gasteiger charge is 2.22. The van der Waals surface area contributed by atoms with Crippen molar-refractivity contribution < 1.29 is 0 Å². The molecule has 1 aromatic rings. The molecule has 13 heavy (non-hydrogen) atoms. The number of aromatic nitrogens is 1. The molecule has 0 radical (unpaired) electrons. The van der Waals surface area contributed by atoms with Crippen molar-refractivity contribution in [1.82, 2.24) is 4.98 Å². The zero-order valence-electron chi connectivity index (χ0n) is 8.42. The minimum absolute atomic E-state index is 0.547. The summed E-state index contributed by atoms with van der Waals surface area (Å²) in [6.07, 6.45) is 2.63. The fourth-order valence-electron chi connectivity index (χ4n) is 1.41. The molecule has 2 rings (SSSR count). The van der Waals surface area contributed by atoms with E-state index in [1.807, 2.05) is 0 Å². The number of hydrogen-bond acceptors (Lipinski definition) is 3. The van der Waals surface area contributed by atoms with Gasteiger partial charge in [0.1, 0.15) is 0 Å². The van der Waals surface area contributed by atoms with Crippen molar-refractivity contribution >= 4 is 16.5 Å². The highest BCUT2D eigenvalue weighted by molar-refractivity contribution is 7.15. The Morgan fingerprint density at radius 3 is 2.62 bits per heavy atom. The second kappa shape index (κ2) is 3.29. The lowest BCUT2D eigenvalue weighted by atomic mass is 10.1. The number of thiazole rings is 1. The van der Waals surface area contributed by atoms with Crippen molar-refractivity contribution in [2.45, 2.75) is 45.6 Å². The summed E-state index contributed by atoms with van der Waals surface area (Å²) < 4.78 is 0. The second-order valence-corrected chi connectivity index (χ2v) is 5.24. The molecule has 1 aromatic heterocycles. The van der Waals surface area contributed by atoms with Crippen LogP contribution in [0.5, 0.6) is 0 Å². The van der Waals surface area contributed by atoms with E-state index in [4.69, 9.17) is 0 Å². The molecule has 1 aliphatic rings. The molecule has 0 unspecified atom stereocenters. The van der Waals surface area contributed by atoms with Crippen LogP contribution < -0.4 is 5.32 Å². The second-order valence-electron chi connectivity index (χ2n) is 4.03. The van der Waals surface area contributed by atoms with Crippen molar-refractivity contribution in [2.24, 2.45) is 0 Å². The van der Waals surface area contributed by atoms with Gasteiger partial charge in [0.05, 0.1) is 5.69 Å². The van der Waals surface area contributed by atoms with Gasteiger partial charge in [-0.25, -0.2) is 4.98 Å². The van der Waals surface area contributed by atoms with Crippen LogP contribution in [-0.4, -0.2) is 11.0 Å². The fraction of sp³-hybridized carbons (Fsp3) is 0.700. The topological polar surface area (TPSA) is 24.9 Å². The van der Waals surface area contributed by atoms with E-state index in [1.165, 1.54) is 23.4 Å². The third kappa shape index (κ3) is 2.02. The molecule has 0 amide bonds. The monoisotopic (exact) mass is 196 g/mol. The first-order chi connectivity index (χ1) is 6.16. The first-order valence-electron chi connectivity index (χ1n) is 4.90. The number of nitrogens with one attached hydrogen (secondary N) is 1. The summed E-state index contributed by atoms with van der Waals surface area (Å²) in [5, 5.41) is 4.55. The number of hydrogen-bond donors (Lipinski definition) is 1. The van der Waals surface area contributed by atoms with Crippen LogP contribution in [0.2, 0.25) is 0 Å². The number of anilines is 1. The first-order valence-corrected chi connectivity index (χ1v) is 5.72. The molecule has 72 valence electrons. The molecular weight excluding hydrogens is 180 g/mol. The maximum absolute atomic E-state index is 4.60. The quantitative estimate of drug-likeness (QED) is 0.803. The molecule has 0 bridgehead atoms. The Morgan fingerprint density at radius 2 is 2.15 bits per heavy atom. The Bertz CT molecular complexity index is 300. The third-order valence-electron chi connectivity index (χ3n) is 2.28. The van der Waals surface area contributed by atoms with Gasteiger partial charge < -0.3 is 5.32 Å². The lowest BCUT2D eigenvalue weighted by Crippen LogP contribution is -2.00. The van der Waals surface area contributed by atoms with Gasteiger partial charge in [0.2, 0.25) is 0 Å². The summed E-state index contributed by atoms with van der Waals surface area (Å²) in [7, 11) is 0. The number of nitrogens with zero attached hydrogens (tertiary/aromatic N) is 1.